The summed E-state index contributed by atoms with van der Waals surface area (Å²) in [5.41, 5.74) is 2.27. The molecule has 2 N–H and O–H groups in total. The molecule has 2 aromatic rings. The van der Waals surface area contributed by atoms with Gasteiger partial charge >= 0.3 is 5.97 Å². The summed E-state index contributed by atoms with van der Waals surface area (Å²) in [6.07, 6.45) is 0. The zero-order valence-corrected chi connectivity index (χ0v) is 15.9. The van der Waals surface area contributed by atoms with Gasteiger partial charge in [0.15, 0.2) is 0 Å². The summed E-state index contributed by atoms with van der Waals surface area (Å²) >= 11 is 0.938. The van der Waals surface area contributed by atoms with E-state index in [9.17, 15) is 22.4 Å². The molecule has 144 valence electrons. The molecular formula is C17H17FN2O5S2. The number of nitrogens with one attached hydrogen (secondary N) is 2. The van der Waals surface area contributed by atoms with Gasteiger partial charge in [-0.15, -0.1) is 16.6 Å². The number of esters is 1. The molecular weight excluding hydrogens is 395 g/mol. The molecule has 0 bridgehead atoms. The highest BCUT2D eigenvalue weighted by Gasteiger charge is 2.16. The highest BCUT2D eigenvalue weighted by molar-refractivity contribution is 8.00. The standard InChI is InChI=1S/C17H17FN2O5S2/c1-2-25-17(22)12-7-9-13(10-8-12)27(23,24)20-19-16(21)11-26-15-6-4-3-5-14(15)18/h3-10,20H,2,11H2,1H3,(H,19,21). The highest BCUT2D eigenvalue weighted by Crippen LogP contribution is 2.20. The van der Waals surface area contributed by atoms with Gasteiger partial charge in [-0.05, 0) is 43.3 Å². The van der Waals surface area contributed by atoms with E-state index in [0.29, 0.717) is 0 Å². The summed E-state index contributed by atoms with van der Waals surface area (Å²) in [7, 11) is -4.02. The third-order valence-corrected chi connectivity index (χ3v) is 5.51. The van der Waals surface area contributed by atoms with Crippen molar-refractivity contribution in [3.05, 3.63) is 59.9 Å². The topological polar surface area (TPSA) is 102 Å². The molecule has 0 saturated heterocycles. The number of halogens is 1. The molecule has 0 spiro atoms. The van der Waals surface area contributed by atoms with Crippen LogP contribution in [-0.2, 0) is 19.6 Å². The van der Waals surface area contributed by atoms with Gasteiger partial charge in [-0.2, -0.15) is 0 Å². The van der Waals surface area contributed by atoms with Gasteiger partial charge in [0.2, 0.25) is 5.91 Å². The first-order valence-electron chi connectivity index (χ1n) is 7.78. The molecule has 0 saturated carbocycles. The SMILES string of the molecule is CCOC(=O)c1ccc(S(=O)(=O)NNC(=O)CSc2ccccc2F)cc1. The van der Waals surface area contributed by atoms with Crippen LogP contribution in [0.3, 0.4) is 0 Å². The quantitative estimate of drug-likeness (QED) is 0.391. The van der Waals surface area contributed by atoms with Crippen molar-refractivity contribution in [1.82, 2.24) is 10.3 Å². The van der Waals surface area contributed by atoms with E-state index in [1.54, 1.807) is 13.0 Å². The fourth-order valence-corrected chi connectivity index (χ4v) is 3.51. The van der Waals surface area contributed by atoms with Crippen LogP contribution < -0.4 is 10.3 Å². The van der Waals surface area contributed by atoms with Gasteiger partial charge in [0.25, 0.3) is 10.0 Å². The highest BCUT2D eigenvalue weighted by atomic mass is 32.2. The fraction of sp³-hybridized carbons (Fsp3) is 0.176. The second-order valence-corrected chi connectivity index (χ2v) is 7.82. The van der Waals surface area contributed by atoms with Crippen molar-refractivity contribution < 1.29 is 27.1 Å². The second kappa shape index (κ2) is 9.49. The van der Waals surface area contributed by atoms with Crippen molar-refractivity contribution in [3.63, 3.8) is 0 Å². The van der Waals surface area contributed by atoms with E-state index in [0.717, 1.165) is 11.8 Å². The number of hydrazine groups is 1. The lowest BCUT2D eigenvalue weighted by atomic mass is 10.2. The number of carbonyl (C=O) groups is 2. The Balaban J connectivity index is 1.91. The Morgan fingerprint density at radius 2 is 1.78 bits per heavy atom. The Hall–Kier alpha value is -2.43. The first-order valence-corrected chi connectivity index (χ1v) is 10.3. The van der Waals surface area contributed by atoms with Crippen LogP contribution in [0.1, 0.15) is 17.3 Å². The summed E-state index contributed by atoms with van der Waals surface area (Å²) in [5.74, 6) is -1.84. The number of hydrogen-bond acceptors (Lipinski definition) is 6. The largest absolute Gasteiger partial charge is 0.462 e. The van der Waals surface area contributed by atoms with Crippen LogP contribution in [0, 0.1) is 5.82 Å². The molecule has 2 rings (SSSR count). The van der Waals surface area contributed by atoms with Crippen LogP contribution in [0.2, 0.25) is 0 Å². The average molecular weight is 412 g/mol. The van der Waals surface area contributed by atoms with Crippen molar-refractivity contribution in [3.8, 4) is 0 Å². The maximum Gasteiger partial charge on any atom is 0.338 e. The van der Waals surface area contributed by atoms with Crippen molar-refractivity contribution in [1.29, 1.82) is 0 Å². The molecule has 0 atom stereocenters. The molecule has 0 aliphatic heterocycles. The second-order valence-electron chi connectivity index (χ2n) is 5.12. The van der Waals surface area contributed by atoms with E-state index < -0.39 is 27.7 Å². The molecule has 2 aromatic carbocycles. The van der Waals surface area contributed by atoms with Crippen LogP contribution in [-0.4, -0.2) is 32.7 Å². The predicted molar refractivity (Wildman–Crippen MR) is 98.0 cm³/mol. The lowest BCUT2D eigenvalue weighted by Gasteiger charge is -2.09. The zero-order chi connectivity index (χ0) is 19.9. The Kier molecular flexibility index (Phi) is 7.34. The van der Waals surface area contributed by atoms with Crippen LogP contribution in [0.15, 0.2) is 58.3 Å². The molecule has 0 aliphatic carbocycles. The summed E-state index contributed by atoms with van der Waals surface area (Å²) in [6.45, 7) is 1.87. The first kappa shape index (κ1) is 20.9. The van der Waals surface area contributed by atoms with E-state index in [4.69, 9.17) is 4.74 Å². The molecule has 0 radical (unpaired) electrons. The Morgan fingerprint density at radius 1 is 1.11 bits per heavy atom. The van der Waals surface area contributed by atoms with Gasteiger partial charge in [-0.1, -0.05) is 12.1 Å². The molecule has 10 heteroatoms. The first-order chi connectivity index (χ1) is 12.8. The van der Waals surface area contributed by atoms with Gasteiger partial charge in [-0.25, -0.2) is 17.6 Å². The lowest BCUT2D eigenvalue weighted by molar-refractivity contribution is -0.119. The number of carbonyl (C=O) groups excluding carboxylic acids is 2. The van der Waals surface area contributed by atoms with Crippen LogP contribution >= 0.6 is 11.8 Å². The molecule has 0 aliphatic rings. The third kappa shape index (κ3) is 6.05. The number of benzene rings is 2. The molecule has 27 heavy (non-hydrogen) atoms. The Morgan fingerprint density at radius 3 is 2.41 bits per heavy atom. The molecule has 0 aromatic heterocycles. The molecule has 7 nitrogen and oxygen atoms in total. The van der Waals surface area contributed by atoms with Crippen molar-refractivity contribution >= 4 is 33.7 Å². The summed E-state index contributed by atoms with van der Waals surface area (Å²) in [6, 6.07) is 11.0. The Labute approximate surface area is 160 Å². The third-order valence-electron chi connectivity index (χ3n) is 3.20. The predicted octanol–water partition coefficient (Wildman–Crippen LogP) is 2.10. The minimum absolute atomic E-state index is 0.141. The van der Waals surface area contributed by atoms with E-state index in [2.05, 4.69) is 5.43 Å². The number of rotatable bonds is 8. The smallest absolute Gasteiger partial charge is 0.338 e. The lowest BCUT2D eigenvalue weighted by Crippen LogP contribution is -2.42. The number of thioether (sulfide) groups is 1. The zero-order valence-electron chi connectivity index (χ0n) is 14.3. The van der Waals surface area contributed by atoms with Gasteiger partial charge in [0.1, 0.15) is 5.82 Å². The van der Waals surface area contributed by atoms with E-state index in [1.165, 1.54) is 42.5 Å². The van der Waals surface area contributed by atoms with Crippen molar-refractivity contribution in [2.45, 2.75) is 16.7 Å². The van der Waals surface area contributed by atoms with Gasteiger partial charge < -0.3 is 4.74 Å². The van der Waals surface area contributed by atoms with Crippen LogP contribution in [0.5, 0.6) is 0 Å². The molecule has 0 unspecified atom stereocenters. The van der Waals surface area contributed by atoms with Crippen LogP contribution in [0.4, 0.5) is 4.39 Å². The van der Waals surface area contributed by atoms with E-state index in [-0.39, 0.29) is 27.7 Å². The maximum atomic E-state index is 13.5. The minimum Gasteiger partial charge on any atom is -0.462 e. The Bertz CT molecular complexity index is 917. The van der Waals surface area contributed by atoms with Crippen LogP contribution in [0.25, 0.3) is 0 Å². The molecule has 1 amide bonds. The molecule has 0 heterocycles. The monoisotopic (exact) mass is 412 g/mol. The molecule has 0 fully saturated rings. The normalized spacial score (nSPS) is 11.0. The van der Waals surface area contributed by atoms with Crippen molar-refractivity contribution in [2.24, 2.45) is 0 Å². The van der Waals surface area contributed by atoms with E-state index in [1.807, 2.05) is 4.83 Å². The van der Waals surface area contributed by atoms with Crippen molar-refractivity contribution in [2.75, 3.05) is 12.4 Å². The summed E-state index contributed by atoms with van der Waals surface area (Å²) < 4.78 is 42.6. The van der Waals surface area contributed by atoms with Gasteiger partial charge in [0.05, 0.1) is 22.8 Å². The van der Waals surface area contributed by atoms with Gasteiger partial charge in [0, 0.05) is 4.90 Å². The number of ether oxygens (including phenoxy) is 1. The van der Waals surface area contributed by atoms with Gasteiger partial charge in [-0.3, -0.25) is 10.2 Å². The van der Waals surface area contributed by atoms with E-state index >= 15 is 0 Å². The summed E-state index contributed by atoms with van der Waals surface area (Å²) in [5, 5.41) is 0. The minimum atomic E-state index is -4.02. The fourth-order valence-electron chi connectivity index (χ4n) is 1.91. The summed E-state index contributed by atoms with van der Waals surface area (Å²) in [4.78, 5) is 25.4. The maximum absolute atomic E-state index is 13.5. The average Bonchev–Trinajstić information content (AvgIpc) is 2.66. The number of sulfonamides is 1. The number of hydrogen-bond donors (Lipinski definition) is 2. The number of amides is 1.